The van der Waals surface area contributed by atoms with E-state index in [4.69, 9.17) is 5.73 Å². The van der Waals surface area contributed by atoms with Gasteiger partial charge in [-0.25, -0.2) is 4.99 Å². The zero-order valence-corrected chi connectivity index (χ0v) is 5.95. The van der Waals surface area contributed by atoms with Gasteiger partial charge in [-0.3, -0.25) is 4.79 Å². The van der Waals surface area contributed by atoms with Gasteiger partial charge in [-0.15, -0.1) is 0 Å². The molecule has 1 rings (SSSR count). The predicted octanol–water partition coefficient (Wildman–Crippen LogP) is -0.796. The number of amides is 1. The van der Waals surface area contributed by atoms with E-state index in [0.717, 1.165) is 0 Å². The Bertz CT molecular complexity index is 166. The van der Waals surface area contributed by atoms with Crippen LogP contribution in [0.2, 0.25) is 0 Å². The second-order valence-corrected chi connectivity index (χ2v) is 2.29. The highest BCUT2D eigenvalue weighted by atomic mass is 16.2. The fourth-order valence-corrected chi connectivity index (χ4v) is 0.881. The molecule has 0 saturated heterocycles. The molecule has 1 aliphatic rings. The van der Waals surface area contributed by atoms with Crippen molar-refractivity contribution in [2.24, 2.45) is 10.7 Å². The van der Waals surface area contributed by atoms with Gasteiger partial charge in [-0.2, -0.15) is 0 Å². The summed E-state index contributed by atoms with van der Waals surface area (Å²) in [6.45, 7) is 3.09. The van der Waals surface area contributed by atoms with Crippen LogP contribution in [-0.4, -0.2) is 36.3 Å². The molecule has 0 aromatic heterocycles. The number of carbonyl (C=O) groups excluding carboxylic acids is 1. The van der Waals surface area contributed by atoms with E-state index in [1.807, 2.05) is 11.8 Å². The second-order valence-electron chi connectivity index (χ2n) is 2.29. The summed E-state index contributed by atoms with van der Waals surface area (Å²) in [6, 6.07) is -0.108. The van der Waals surface area contributed by atoms with Gasteiger partial charge in [0.1, 0.15) is 6.04 Å². The molecule has 2 N–H and O–H groups in total. The quantitative estimate of drug-likeness (QED) is 0.548. The van der Waals surface area contributed by atoms with Crippen LogP contribution in [0.4, 0.5) is 0 Å². The van der Waals surface area contributed by atoms with Gasteiger partial charge in [0.2, 0.25) is 0 Å². The Kier molecular flexibility index (Phi) is 2.01. The topological polar surface area (TPSA) is 58.7 Å². The highest BCUT2D eigenvalue weighted by molar-refractivity contribution is 5.94. The molecule has 4 nitrogen and oxygen atoms in total. The lowest BCUT2D eigenvalue weighted by atomic mass is 10.3. The van der Waals surface area contributed by atoms with Gasteiger partial charge in [0.25, 0.3) is 5.91 Å². The molecule has 0 aromatic rings. The van der Waals surface area contributed by atoms with Crippen LogP contribution in [0.15, 0.2) is 4.99 Å². The van der Waals surface area contributed by atoms with Crippen LogP contribution in [-0.2, 0) is 4.79 Å². The highest BCUT2D eigenvalue weighted by Gasteiger charge is 2.22. The summed E-state index contributed by atoms with van der Waals surface area (Å²) in [6.07, 6.45) is 1.56. The lowest BCUT2D eigenvalue weighted by Crippen LogP contribution is -2.35. The van der Waals surface area contributed by atoms with Crippen molar-refractivity contribution in [1.29, 1.82) is 0 Å². The van der Waals surface area contributed by atoms with Crippen molar-refractivity contribution in [1.82, 2.24) is 4.90 Å². The van der Waals surface area contributed by atoms with Crippen molar-refractivity contribution in [3.05, 3.63) is 0 Å². The molecule has 4 heteroatoms. The molecule has 10 heavy (non-hydrogen) atoms. The van der Waals surface area contributed by atoms with Crippen LogP contribution in [0.5, 0.6) is 0 Å². The fourth-order valence-electron chi connectivity index (χ4n) is 0.881. The third-order valence-corrected chi connectivity index (χ3v) is 1.58. The largest absolute Gasteiger partial charge is 0.349 e. The maximum Gasteiger partial charge on any atom is 0.269 e. The van der Waals surface area contributed by atoms with Gasteiger partial charge in [0, 0.05) is 13.1 Å². The second kappa shape index (κ2) is 2.79. The first-order chi connectivity index (χ1) is 4.75. The molecule has 1 atom stereocenters. The molecular weight excluding hydrogens is 130 g/mol. The van der Waals surface area contributed by atoms with Crippen molar-refractivity contribution in [3.63, 3.8) is 0 Å². The Labute approximate surface area is 59.7 Å². The lowest BCUT2D eigenvalue weighted by molar-refractivity contribution is -0.119. The maximum atomic E-state index is 10.8. The van der Waals surface area contributed by atoms with E-state index in [0.29, 0.717) is 13.1 Å². The maximum absolute atomic E-state index is 10.8. The Morgan fingerprint density at radius 2 is 2.60 bits per heavy atom. The van der Waals surface area contributed by atoms with Gasteiger partial charge in [-0.05, 0) is 6.92 Å². The van der Waals surface area contributed by atoms with Crippen LogP contribution >= 0.6 is 0 Å². The Hall–Kier alpha value is -0.900. The summed E-state index contributed by atoms with van der Waals surface area (Å²) in [7, 11) is 0. The zero-order chi connectivity index (χ0) is 7.56. The van der Waals surface area contributed by atoms with E-state index in [1.165, 1.54) is 0 Å². The molecule has 0 bridgehead atoms. The molecule has 0 radical (unpaired) electrons. The van der Waals surface area contributed by atoms with Gasteiger partial charge in [-0.1, -0.05) is 0 Å². The third kappa shape index (κ3) is 1.16. The number of hydrogen-bond donors (Lipinski definition) is 1. The molecule has 0 aliphatic carbocycles. The number of rotatable bonds is 2. The fraction of sp³-hybridized carbons (Fsp3) is 0.667. The van der Waals surface area contributed by atoms with Gasteiger partial charge < -0.3 is 10.6 Å². The minimum Gasteiger partial charge on any atom is -0.349 e. The molecule has 0 saturated carbocycles. The smallest absolute Gasteiger partial charge is 0.269 e. The summed E-state index contributed by atoms with van der Waals surface area (Å²) in [5.74, 6) is -0.0755. The van der Waals surface area contributed by atoms with E-state index < -0.39 is 0 Å². The van der Waals surface area contributed by atoms with Crippen LogP contribution in [0.3, 0.4) is 0 Å². The summed E-state index contributed by atoms with van der Waals surface area (Å²) in [5.41, 5.74) is 5.30. The minimum absolute atomic E-state index is 0.0755. The number of nitrogens with two attached hydrogens (primary N) is 1. The molecule has 1 amide bonds. The standard InChI is InChI=1S/C6H11N3O/c1-5-6(10)8-4-9(5)3-2-7/h4-5H,2-3,7H2,1H3. The number of hydrogen-bond acceptors (Lipinski definition) is 3. The SMILES string of the molecule is CC1C(=O)N=CN1CCN. The summed E-state index contributed by atoms with van der Waals surface area (Å²) in [4.78, 5) is 16.2. The molecule has 0 fully saturated rings. The van der Waals surface area contributed by atoms with Gasteiger partial charge in [0.05, 0.1) is 6.34 Å². The Morgan fingerprint density at radius 3 is 3.00 bits per heavy atom. The van der Waals surface area contributed by atoms with Crippen molar-refractivity contribution in [2.45, 2.75) is 13.0 Å². The Balaban J connectivity index is 2.49. The third-order valence-electron chi connectivity index (χ3n) is 1.58. The van der Waals surface area contributed by atoms with Gasteiger partial charge >= 0.3 is 0 Å². The van der Waals surface area contributed by atoms with Crippen molar-refractivity contribution >= 4 is 12.2 Å². The van der Waals surface area contributed by atoms with Crippen molar-refractivity contribution in [3.8, 4) is 0 Å². The molecule has 1 unspecified atom stereocenters. The normalized spacial score (nSPS) is 24.4. The minimum atomic E-state index is -0.108. The van der Waals surface area contributed by atoms with E-state index in [2.05, 4.69) is 4.99 Å². The van der Waals surface area contributed by atoms with Crippen molar-refractivity contribution in [2.75, 3.05) is 13.1 Å². The van der Waals surface area contributed by atoms with E-state index in [1.54, 1.807) is 6.34 Å². The predicted molar refractivity (Wildman–Crippen MR) is 38.7 cm³/mol. The first-order valence-electron chi connectivity index (χ1n) is 3.29. The molecule has 56 valence electrons. The number of nitrogens with zero attached hydrogens (tertiary/aromatic N) is 2. The van der Waals surface area contributed by atoms with E-state index >= 15 is 0 Å². The number of aliphatic imine (C=N–C) groups is 1. The molecule has 1 aliphatic heterocycles. The van der Waals surface area contributed by atoms with Crippen LogP contribution in [0, 0.1) is 0 Å². The van der Waals surface area contributed by atoms with Gasteiger partial charge in [0.15, 0.2) is 0 Å². The molecule has 0 spiro atoms. The number of carbonyl (C=O) groups is 1. The first-order valence-corrected chi connectivity index (χ1v) is 3.29. The zero-order valence-electron chi connectivity index (χ0n) is 5.95. The summed E-state index contributed by atoms with van der Waals surface area (Å²) >= 11 is 0. The highest BCUT2D eigenvalue weighted by Crippen LogP contribution is 2.03. The Morgan fingerprint density at radius 1 is 1.90 bits per heavy atom. The van der Waals surface area contributed by atoms with E-state index in [-0.39, 0.29) is 11.9 Å². The van der Waals surface area contributed by atoms with Crippen molar-refractivity contribution < 1.29 is 4.79 Å². The lowest BCUT2D eigenvalue weighted by Gasteiger charge is -2.17. The van der Waals surface area contributed by atoms with Crippen LogP contribution in [0.25, 0.3) is 0 Å². The van der Waals surface area contributed by atoms with E-state index in [9.17, 15) is 4.79 Å². The molecule has 0 aromatic carbocycles. The average molecular weight is 141 g/mol. The molecular formula is C6H11N3O. The summed E-state index contributed by atoms with van der Waals surface area (Å²) in [5, 5.41) is 0. The van der Waals surface area contributed by atoms with Crippen LogP contribution < -0.4 is 5.73 Å². The first kappa shape index (κ1) is 7.21. The van der Waals surface area contributed by atoms with Crippen LogP contribution in [0.1, 0.15) is 6.92 Å². The molecule has 1 heterocycles. The summed E-state index contributed by atoms with van der Waals surface area (Å²) < 4.78 is 0. The average Bonchev–Trinajstić information content (AvgIpc) is 2.20. The monoisotopic (exact) mass is 141 g/mol.